The second-order valence-corrected chi connectivity index (χ2v) is 6.06. The van der Waals surface area contributed by atoms with Crippen LogP contribution in [0.4, 0.5) is 0 Å². The number of nitrogens with one attached hydrogen (secondary N) is 1. The normalized spacial score (nSPS) is 21.6. The van der Waals surface area contributed by atoms with Gasteiger partial charge in [-0.15, -0.1) is 0 Å². The number of rotatable bonds is 4. The Balaban J connectivity index is 2.24. The SMILES string of the molecule is O=C1NCCC1[C@H](Cc1ccccc1)S(=O)(=O)O. The average molecular weight is 269 g/mol. The molecule has 1 heterocycles. The van der Waals surface area contributed by atoms with Crippen molar-refractivity contribution in [3.63, 3.8) is 0 Å². The minimum atomic E-state index is -4.24. The molecule has 0 spiro atoms. The van der Waals surface area contributed by atoms with Crippen LogP contribution in [0.1, 0.15) is 12.0 Å². The molecule has 2 N–H and O–H groups in total. The largest absolute Gasteiger partial charge is 0.356 e. The lowest BCUT2D eigenvalue weighted by atomic mass is 9.97. The zero-order valence-electron chi connectivity index (χ0n) is 9.74. The molecule has 5 nitrogen and oxygen atoms in total. The van der Waals surface area contributed by atoms with Gasteiger partial charge in [0.05, 0.1) is 5.92 Å². The fraction of sp³-hybridized carbons (Fsp3) is 0.417. The molecule has 2 atom stereocenters. The predicted octanol–water partition coefficient (Wildman–Crippen LogP) is 0.622. The number of hydrogen-bond donors (Lipinski definition) is 2. The third kappa shape index (κ3) is 2.88. The van der Waals surface area contributed by atoms with Gasteiger partial charge in [-0.05, 0) is 18.4 Å². The van der Waals surface area contributed by atoms with Crippen LogP contribution in [0, 0.1) is 5.92 Å². The van der Waals surface area contributed by atoms with Crippen LogP contribution in [0.2, 0.25) is 0 Å². The van der Waals surface area contributed by atoms with Gasteiger partial charge in [-0.1, -0.05) is 30.3 Å². The number of hydrogen-bond acceptors (Lipinski definition) is 3. The number of carbonyl (C=O) groups excluding carboxylic acids is 1. The molecule has 0 aliphatic carbocycles. The molecule has 18 heavy (non-hydrogen) atoms. The Morgan fingerprint density at radius 3 is 2.50 bits per heavy atom. The molecule has 1 saturated heterocycles. The van der Waals surface area contributed by atoms with E-state index in [1.165, 1.54) is 0 Å². The Hall–Kier alpha value is -1.40. The molecule has 98 valence electrons. The molecule has 1 amide bonds. The molecular weight excluding hydrogens is 254 g/mol. The van der Waals surface area contributed by atoms with E-state index in [0.29, 0.717) is 13.0 Å². The summed E-state index contributed by atoms with van der Waals surface area (Å²) in [6.45, 7) is 0.463. The van der Waals surface area contributed by atoms with Crippen LogP contribution in [0.15, 0.2) is 30.3 Å². The zero-order chi connectivity index (χ0) is 13.2. The highest BCUT2D eigenvalue weighted by Crippen LogP contribution is 2.23. The molecule has 1 unspecified atom stereocenters. The maximum Gasteiger partial charge on any atom is 0.268 e. The summed E-state index contributed by atoms with van der Waals surface area (Å²) in [5.41, 5.74) is 0.792. The number of carbonyl (C=O) groups is 1. The fourth-order valence-corrected chi connectivity index (χ4v) is 3.35. The Bertz CT molecular complexity index is 526. The van der Waals surface area contributed by atoms with E-state index in [-0.39, 0.29) is 12.3 Å². The van der Waals surface area contributed by atoms with Crippen LogP contribution in [-0.2, 0) is 21.3 Å². The second kappa shape index (κ2) is 5.07. The Labute approximate surface area is 106 Å². The fourth-order valence-electron chi connectivity index (χ4n) is 2.27. The van der Waals surface area contributed by atoms with E-state index in [1.54, 1.807) is 24.3 Å². The first kappa shape index (κ1) is 13.0. The van der Waals surface area contributed by atoms with E-state index in [0.717, 1.165) is 5.56 Å². The van der Waals surface area contributed by atoms with Gasteiger partial charge in [-0.25, -0.2) is 0 Å². The summed E-state index contributed by atoms with van der Waals surface area (Å²) in [6.07, 6.45) is 0.591. The minimum absolute atomic E-state index is 0.151. The third-order valence-corrected chi connectivity index (χ3v) is 4.46. The van der Waals surface area contributed by atoms with Crippen molar-refractivity contribution in [2.75, 3.05) is 6.54 Å². The molecule has 0 radical (unpaired) electrons. The molecule has 0 bridgehead atoms. The second-order valence-electron chi connectivity index (χ2n) is 4.43. The molecule has 2 rings (SSSR count). The molecule has 0 aromatic heterocycles. The van der Waals surface area contributed by atoms with E-state index in [1.807, 2.05) is 6.07 Å². The Kier molecular flexibility index (Phi) is 3.68. The van der Waals surface area contributed by atoms with E-state index in [2.05, 4.69) is 5.32 Å². The van der Waals surface area contributed by atoms with Crippen molar-refractivity contribution in [1.82, 2.24) is 5.32 Å². The van der Waals surface area contributed by atoms with Gasteiger partial charge >= 0.3 is 0 Å². The highest BCUT2D eigenvalue weighted by molar-refractivity contribution is 7.86. The van der Waals surface area contributed by atoms with E-state index >= 15 is 0 Å². The first-order valence-electron chi connectivity index (χ1n) is 5.76. The van der Waals surface area contributed by atoms with Gasteiger partial charge < -0.3 is 5.32 Å². The first-order valence-corrected chi connectivity index (χ1v) is 7.27. The molecular formula is C12H15NO4S. The summed E-state index contributed by atoms with van der Waals surface area (Å²) in [5, 5.41) is 1.53. The summed E-state index contributed by atoms with van der Waals surface area (Å²) in [6, 6.07) is 8.99. The summed E-state index contributed by atoms with van der Waals surface area (Å²) in [5.74, 6) is -0.964. The van der Waals surface area contributed by atoms with Gasteiger partial charge in [-0.2, -0.15) is 8.42 Å². The molecule has 6 heteroatoms. The highest BCUT2D eigenvalue weighted by Gasteiger charge is 2.39. The Morgan fingerprint density at radius 1 is 1.33 bits per heavy atom. The molecule has 1 aliphatic rings. The Morgan fingerprint density at radius 2 is 2.00 bits per heavy atom. The summed E-state index contributed by atoms with van der Waals surface area (Å²) in [7, 11) is -4.24. The molecule has 1 aromatic carbocycles. The predicted molar refractivity (Wildman–Crippen MR) is 66.6 cm³/mol. The smallest absolute Gasteiger partial charge is 0.268 e. The van der Waals surface area contributed by atoms with Gasteiger partial charge in [0.2, 0.25) is 5.91 Å². The maximum absolute atomic E-state index is 11.6. The maximum atomic E-state index is 11.6. The summed E-state index contributed by atoms with van der Waals surface area (Å²) in [4.78, 5) is 11.6. The van der Waals surface area contributed by atoms with Crippen molar-refractivity contribution < 1.29 is 17.8 Å². The van der Waals surface area contributed by atoms with Crippen molar-refractivity contribution in [3.8, 4) is 0 Å². The molecule has 1 aliphatic heterocycles. The van der Waals surface area contributed by atoms with Gasteiger partial charge in [0.15, 0.2) is 0 Å². The van der Waals surface area contributed by atoms with Crippen LogP contribution >= 0.6 is 0 Å². The van der Waals surface area contributed by atoms with Gasteiger partial charge in [0.1, 0.15) is 5.25 Å². The van der Waals surface area contributed by atoms with Gasteiger partial charge in [0, 0.05) is 6.54 Å². The van der Waals surface area contributed by atoms with Gasteiger partial charge in [-0.3, -0.25) is 9.35 Å². The van der Waals surface area contributed by atoms with E-state index in [9.17, 15) is 17.8 Å². The summed E-state index contributed by atoms with van der Waals surface area (Å²) < 4.78 is 32.2. The van der Waals surface area contributed by atoms with Crippen molar-refractivity contribution in [1.29, 1.82) is 0 Å². The standard InChI is InChI=1S/C12H15NO4S/c14-12-10(6-7-13-12)11(18(15,16)17)8-9-4-2-1-3-5-9/h1-5,10-11H,6-8H2,(H,13,14)(H,15,16,17)/t10?,11-/m0/s1. The molecule has 0 saturated carbocycles. The first-order chi connectivity index (χ1) is 8.48. The van der Waals surface area contributed by atoms with Crippen LogP contribution < -0.4 is 5.32 Å². The van der Waals surface area contributed by atoms with Crippen molar-refractivity contribution in [3.05, 3.63) is 35.9 Å². The molecule has 1 fully saturated rings. The average Bonchev–Trinajstić information content (AvgIpc) is 2.72. The van der Waals surface area contributed by atoms with Crippen LogP contribution in [-0.4, -0.2) is 30.7 Å². The van der Waals surface area contributed by atoms with Crippen molar-refractivity contribution >= 4 is 16.0 Å². The summed E-state index contributed by atoms with van der Waals surface area (Å²) >= 11 is 0. The molecule has 1 aromatic rings. The zero-order valence-corrected chi connectivity index (χ0v) is 10.6. The van der Waals surface area contributed by atoms with E-state index in [4.69, 9.17) is 0 Å². The van der Waals surface area contributed by atoms with Crippen LogP contribution in [0.25, 0.3) is 0 Å². The third-order valence-electron chi connectivity index (χ3n) is 3.20. The quantitative estimate of drug-likeness (QED) is 0.785. The minimum Gasteiger partial charge on any atom is -0.356 e. The van der Waals surface area contributed by atoms with Crippen molar-refractivity contribution in [2.24, 2.45) is 5.92 Å². The van der Waals surface area contributed by atoms with E-state index < -0.39 is 21.3 Å². The van der Waals surface area contributed by atoms with Crippen LogP contribution in [0.3, 0.4) is 0 Å². The monoisotopic (exact) mass is 269 g/mol. The highest BCUT2D eigenvalue weighted by atomic mass is 32.2. The lowest BCUT2D eigenvalue weighted by Crippen LogP contribution is -2.36. The number of benzene rings is 1. The lowest BCUT2D eigenvalue weighted by Gasteiger charge is -2.18. The number of amides is 1. The van der Waals surface area contributed by atoms with Crippen molar-refractivity contribution in [2.45, 2.75) is 18.1 Å². The topological polar surface area (TPSA) is 83.5 Å². The lowest BCUT2D eigenvalue weighted by molar-refractivity contribution is -0.122. The van der Waals surface area contributed by atoms with Gasteiger partial charge in [0.25, 0.3) is 10.1 Å². The van der Waals surface area contributed by atoms with Crippen LogP contribution in [0.5, 0.6) is 0 Å².